The molecule has 0 saturated heterocycles. The highest BCUT2D eigenvalue weighted by Crippen LogP contribution is 2.44. The van der Waals surface area contributed by atoms with Crippen LogP contribution in [0.1, 0.15) is 112 Å². The van der Waals surface area contributed by atoms with E-state index in [-0.39, 0.29) is 43.5 Å². The number of hydrogen-bond acceptors (Lipinski definition) is 9. The summed E-state index contributed by atoms with van der Waals surface area (Å²) < 4.78 is 30.0. The Kier molecular flexibility index (Phi) is 17.4. The molecular formula is C45H67NO9Si. The summed E-state index contributed by atoms with van der Waals surface area (Å²) in [5.74, 6) is -1.84. The monoisotopic (exact) mass is 793 g/mol. The Bertz CT molecular complexity index is 1610. The minimum Gasteiger partial charge on any atom is -0.462 e. The molecule has 1 amide bonds. The van der Waals surface area contributed by atoms with Gasteiger partial charge in [-0.3, -0.25) is 9.69 Å². The number of esters is 3. The van der Waals surface area contributed by atoms with Crippen LogP contribution in [0.5, 0.6) is 0 Å². The molecular weight excluding hydrogens is 727 g/mol. The van der Waals surface area contributed by atoms with Crippen LogP contribution in [0.2, 0.25) is 18.1 Å². The van der Waals surface area contributed by atoms with Crippen LogP contribution in [0, 0.1) is 11.8 Å². The summed E-state index contributed by atoms with van der Waals surface area (Å²) in [7, 11) is -0.595. The van der Waals surface area contributed by atoms with Gasteiger partial charge in [0, 0.05) is 24.5 Å². The van der Waals surface area contributed by atoms with Crippen molar-refractivity contribution in [3.05, 3.63) is 71.3 Å². The van der Waals surface area contributed by atoms with Gasteiger partial charge in [-0.25, -0.2) is 14.4 Å². The number of carbonyl (C=O) groups is 4. The van der Waals surface area contributed by atoms with Crippen LogP contribution in [0.4, 0.5) is 4.79 Å². The number of hydrogen-bond donors (Lipinski definition) is 0. The summed E-state index contributed by atoms with van der Waals surface area (Å²) in [5, 5.41) is 0. The first kappa shape index (κ1) is 46.4. The maximum Gasteiger partial charge on any atom is 0.410 e. The summed E-state index contributed by atoms with van der Waals surface area (Å²) in [6, 6.07) is 18.2. The fraction of sp³-hybridized carbons (Fsp3) is 0.600. The first-order chi connectivity index (χ1) is 26.4. The van der Waals surface area contributed by atoms with Gasteiger partial charge >= 0.3 is 24.0 Å². The molecule has 0 radical (unpaired) electrons. The molecule has 0 unspecified atom stereocenters. The van der Waals surface area contributed by atoms with E-state index in [1.807, 2.05) is 37.3 Å². The van der Waals surface area contributed by atoms with Gasteiger partial charge in [0.05, 0.1) is 12.5 Å². The Labute approximate surface area is 336 Å². The molecule has 2 aromatic carbocycles. The number of carbonyl (C=O) groups excluding carboxylic acids is 4. The molecule has 1 aliphatic rings. The largest absolute Gasteiger partial charge is 0.462 e. The van der Waals surface area contributed by atoms with Crippen molar-refractivity contribution in [1.82, 2.24) is 4.90 Å². The normalized spacial score (nSPS) is 15.8. The molecule has 5 atom stereocenters. The van der Waals surface area contributed by atoms with Gasteiger partial charge in [-0.15, -0.1) is 0 Å². The Morgan fingerprint density at radius 3 is 1.93 bits per heavy atom. The van der Waals surface area contributed by atoms with E-state index in [0.717, 1.165) is 46.8 Å². The zero-order valence-corrected chi connectivity index (χ0v) is 36.9. The molecule has 11 heteroatoms. The molecule has 0 fully saturated rings. The van der Waals surface area contributed by atoms with Gasteiger partial charge in [-0.2, -0.15) is 0 Å². The van der Waals surface area contributed by atoms with Gasteiger partial charge in [-0.1, -0.05) is 103 Å². The zero-order chi connectivity index (χ0) is 41.8. The third-order valence-electron chi connectivity index (χ3n) is 11.4. The summed E-state index contributed by atoms with van der Waals surface area (Å²) >= 11 is 0. The Morgan fingerprint density at radius 1 is 0.857 bits per heavy atom. The fourth-order valence-corrected chi connectivity index (χ4v) is 10.2. The molecule has 2 aromatic rings. The van der Waals surface area contributed by atoms with Crippen LogP contribution < -0.4 is 0 Å². The van der Waals surface area contributed by atoms with Crippen molar-refractivity contribution < 1.29 is 42.6 Å². The molecule has 0 spiro atoms. The standard InChI is InChI=1S/C45H67NO9Si/c1-13-30(5)41(32(7)39(55-56(14-2,15-3)16-4)26-25-31(6)42(48)51-28-27-40(47)54-45(9,10)11)53-43(49)33(8)46(12)44(50)52-29-38-36-23-19-17-21-34(36)35-22-18-20-24-37(35)38/h17-25,30,32-33,38-39,41H,13-16,26-29H2,1-12H3/b31-25+/t30-,32-,33-,39+,41-/m0/s1. The maximum atomic E-state index is 13.9. The smallest absolute Gasteiger partial charge is 0.410 e. The van der Waals surface area contributed by atoms with E-state index in [2.05, 4.69) is 58.9 Å². The average Bonchev–Trinajstić information content (AvgIpc) is 3.50. The van der Waals surface area contributed by atoms with Gasteiger partial charge in [0.1, 0.15) is 31.0 Å². The van der Waals surface area contributed by atoms with Crippen LogP contribution in [0.25, 0.3) is 11.1 Å². The van der Waals surface area contributed by atoms with E-state index in [1.165, 1.54) is 4.90 Å². The number of nitrogens with zero attached hydrogens (tertiary/aromatic N) is 1. The minimum atomic E-state index is -2.15. The highest BCUT2D eigenvalue weighted by molar-refractivity contribution is 6.73. The number of likely N-dealkylation sites (N-methyl/N-ethyl adjacent to an activating group) is 1. The van der Waals surface area contributed by atoms with E-state index in [4.69, 9.17) is 23.4 Å². The lowest BCUT2D eigenvalue weighted by Gasteiger charge is -2.40. The fourth-order valence-electron chi connectivity index (χ4n) is 7.23. The summed E-state index contributed by atoms with van der Waals surface area (Å²) in [6.45, 7) is 21.4. The van der Waals surface area contributed by atoms with Crippen molar-refractivity contribution in [2.45, 2.75) is 143 Å². The predicted octanol–water partition coefficient (Wildman–Crippen LogP) is 9.85. The third-order valence-corrected chi connectivity index (χ3v) is 16.0. The lowest BCUT2D eigenvalue weighted by molar-refractivity contribution is -0.162. The first-order valence-electron chi connectivity index (χ1n) is 20.4. The molecule has 1 aliphatic carbocycles. The number of ether oxygens (including phenoxy) is 4. The van der Waals surface area contributed by atoms with Gasteiger partial charge in [0.2, 0.25) is 0 Å². The van der Waals surface area contributed by atoms with Crippen LogP contribution in [0.3, 0.4) is 0 Å². The van der Waals surface area contributed by atoms with Crippen molar-refractivity contribution in [3.63, 3.8) is 0 Å². The van der Waals surface area contributed by atoms with E-state index < -0.39 is 50.1 Å². The van der Waals surface area contributed by atoms with Crippen molar-refractivity contribution in [1.29, 1.82) is 0 Å². The number of rotatable bonds is 20. The molecule has 3 rings (SSSR count). The highest BCUT2D eigenvalue weighted by atomic mass is 28.4. The molecule has 0 saturated carbocycles. The molecule has 0 bridgehead atoms. The third kappa shape index (κ3) is 12.3. The van der Waals surface area contributed by atoms with Crippen molar-refractivity contribution >= 4 is 32.3 Å². The Hall–Kier alpha value is -3.96. The number of fused-ring (bicyclic) bond motifs is 3. The topological polar surface area (TPSA) is 118 Å². The minimum absolute atomic E-state index is 0.0177. The summed E-state index contributed by atoms with van der Waals surface area (Å²) in [5.41, 5.74) is 4.29. The Morgan fingerprint density at radius 2 is 1.41 bits per heavy atom. The van der Waals surface area contributed by atoms with Crippen LogP contribution in [-0.2, 0) is 37.8 Å². The Balaban J connectivity index is 1.73. The number of amides is 1. The van der Waals surface area contributed by atoms with E-state index >= 15 is 0 Å². The van der Waals surface area contributed by atoms with Crippen molar-refractivity contribution in [2.24, 2.45) is 11.8 Å². The van der Waals surface area contributed by atoms with E-state index in [1.54, 1.807) is 41.7 Å². The van der Waals surface area contributed by atoms with Crippen LogP contribution in [-0.4, -0.2) is 81.3 Å². The highest BCUT2D eigenvalue weighted by Gasteiger charge is 2.40. The number of benzene rings is 2. The maximum absolute atomic E-state index is 13.9. The van der Waals surface area contributed by atoms with Gasteiger partial charge in [0.25, 0.3) is 0 Å². The molecule has 0 N–H and O–H groups in total. The lowest BCUT2D eigenvalue weighted by atomic mass is 9.86. The second kappa shape index (κ2) is 21.0. The average molecular weight is 794 g/mol. The van der Waals surface area contributed by atoms with Crippen molar-refractivity contribution in [3.8, 4) is 11.1 Å². The molecule has 0 aliphatic heterocycles. The first-order valence-corrected chi connectivity index (χ1v) is 23.0. The summed E-state index contributed by atoms with van der Waals surface area (Å²) in [4.78, 5) is 53.6. The molecule has 0 aromatic heterocycles. The van der Waals surface area contributed by atoms with Crippen molar-refractivity contribution in [2.75, 3.05) is 20.3 Å². The van der Waals surface area contributed by atoms with E-state index in [0.29, 0.717) is 12.0 Å². The second-order valence-corrected chi connectivity index (χ2v) is 21.0. The van der Waals surface area contributed by atoms with Gasteiger partial charge in [0.15, 0.2) is 8.32 Å². The van der Waals surface area contributed by atoms with Crippen LogP contribution in [0.15, 0.2) is 60.2 Å². The van der Waals surface area contributed by atoms with Gasteiger partial charge in [-0.05, 0) is 87.3 Å². The molecule has 10 nitrogen and oxygen atoms in total. The lowest BCUT2D eigenvalue weighted by Crippen LogP contribution is -2.48. The van der Waals surface area contributed by atoms with Crippen LogP contribution >= 0.6 is 0 Å². The second-order valence-electron chi connectivity index (χ2n) is 16.2. The zero-order valence-electron chi connectivity index (χ0n) is 35.9. The quantitative estimate of drug-likeness (QED) is 0.0559. The SMILES string of the molecule is CC[C@H](C)[C@H](OC(=O)[C@H](C)N(C)C(=O)OCC1c2ccccc2-c2ccccc21)[C@@H](C)[C@@H](C/C=C(\C)C(=O)OCCC(=O)OC(C)(C)C)O[Si](CC)(CC)CC. The van der Waals surface area contributed by atoms with E-state index in [9.17, 15) is 19.2 Å². The summed E-state index contributed by atoms with van der Waals surface area (Å²) in [6.07, 6.45) is 1.46. The van der Waals surface area contributed by atoms with Gasteiger partial charge < -0.3 is 23.4 Å². The molecule has 0 heterocycles. The predicted molar refractivity (Wildman–Crippen MR) is 223 cm³/mol. The molecule has 56 heavy (non-hydrogen) atoms. The molecule has 310 valence electrons.